The van der Waals surface area contributed by atoms with Crippen molar-refractivity contribution in [2.75, 3.05) is 11.9 Å². The number of ether oxygens (including phenoxy) is 2. The first kappa shape index (κ1) is 32.4. The summed E-state index contributed by atoms with van der Waals surface area (Å²) in [5, 5.41) is 18.8. The van der Waals surface area contributed by atoms with Crippen molar-refractivity contribution in [3.8, 4) is 5.75 Å². The number of hydrogen-bond acceptors (Lipinski definition) is 9. The average molecular weight is 570 g/mol. The molecule has 0 radical (unpaired) electrons. The van der Waals surface area contributed by atoms with Crippen molar-refractivity contribution >= 4 is 42.0 Å². The van der Waals surface area contributed by atoms with Gasteiger partial charge in [0.05, 0.1) is 4.92 Å². The van der Waals surface area contributed by atoms with Gasteiger partial charge < -0.3 is 30.4 Å². The van der Waals surface area contributed by atoms with Gasteiger partial charge >= 0.3 is 6.16 Å². The van der Waals surface area contributed by atoms with E-state index in [0.717, 1.165) is 6.42 Å². The Kier molecular flexibility index (Phi) is 12.9. The molecular weight excluding hydrogens is 534 g/mol. The second kappa shape index (κ2) is 16.3. The Balaban J connectivity index is 1.81. The van der Waals surface area contributed by atoms with E-state index >= 15 is 0 Å². The number of nitro benzene ring substituents is 1. The largest absolute Gasteiger partial charge is 0.514 e. The number of hydrogen-bond donors (Lipinski definition) is 3. The fourth-order valence-electron chi connectivity index (χ4n) is 3.50. The van der Waals surface area contributed by atoms with Crippen LogP contribution in [0.25, 0.3) is 0 Å². The fraction of sp³-hybridized carbons (Fsp3) is 0.393. The lowest BCUT2D eigenvalue weighted by atomic mass is 10.0. The van der Waals surface area contributed by atoms with Gasteiger partial charge in [0.15, 0.2) is 0 Å². The molecule has 0 aliphatic heterocycles. The van der Waals surface area contributed by atoms with Gasteiger partial charge in [-0.3, -0.25) is 24.5 Å². The molecule has 0 aliphatic carbocycles. The highest BCUT2D eigenvalue weighted by Gasteiger charge is 2.27. The lowest BCUT2D eigenvalue weighted by molar-refractivity contribution is -0.384. The highest BCUT2D eigenvalue weighted by molar-refractivity contribution is 5.98. The van der Waals surface area contributed by atoms with E-state index in [1.54, 1.807) is 38.1 Å². The van der Waals surface area contributed by atoms with E-state index in [4.69, 9.17) is 9.47 Å². The molecule has 0 spiro atoms. The summed E-state index contributed by atoms with van der Waals surface area (Å²) < 4.78 is 10.0. The van der Waals surface area contributed by atoms with Gasteiger partial charge in [-0.2, -0.15) is 0 Å². The number of nitrogens with one attached hydrogen (secondary N) is 3. The van der Waals surface area contributed by atoms with E-state index in [0.29, 0.717) is 24.2 Å². The van der Waals surface area contributed by atoms with Crippen molar-refractivity contribution in [2.45, 2.75) is 58.7 Å². The molecule has 2 aromatic carbocycles. The molecule has 3 N–H and O–H groups in total. The molecule has 2 aromatic rings. The monoisotopic (exact) mass is 569 g/mol. The summed E-state index contributed by atoms with van der Waals surface area (Å²) in [6.45, 7) is 9.01. The highest BCUT2D eigenvalue weighted by Crippen LogP contribution is 2.18. The van der Waals surface area contributed by atoms with Crippen LogP contribution in [0.4, 0.5) is 16.2 Å². The summed E-state index contributed by atoms with van der Waals surface area (Å²) in [4.78, 5) is 63.4. The Hall–Kier alpha value is -4.81. The van der Waals surface area contributed by atoms with Crippen LogP contribution in [0.2, 0.25) is 0 Å². The number of unbranched alkanes of at least 4 members (excludes halogenated alkanes) is 1. The molecule has 0 aliphatic rings. The maximum atomic E-state index is 12.8. The van der Waals surface area contributed by atoms with Gasteiger partial charge in [-0.05, 0) is 62.2 Å². The van der Waals surface area contributed by atoms with E-state index in [1.165, 1.54) is 31.2 Å². The standard InChI is InChI=1S/C28H35N5O8/c1-18(2)25(32-24(34)7-5-6-16-29-4)27(36)30-19(3)26(35)31-21-10-8-20(9-11-21)17-40-28(37)41-23-14-12-22(13-15-23)33(38)39/h8-15,18-19,25H,4-7,16-17H2,1-3H3,(H,30,36)(H,31,35)(H,32,34)/t19-,25-/m0/s1. The van der Waals surface area contributed by atoms with Crippen molar-refractivity contribution < 1.29 is 33.6 Å². The summed E-state index contributed by atoms with van der Waals surface area (Å²) in [6.07, 6.45) is 0.649. The number of carbonyl (C=O) groups is 4. The molecule has 2 atom stereocenters. The first-order chi connectivity index (χ1) is 19.5. The van der Waals surface area contributed by atoms with E-state index in [9.17, 15) is 29.3 Å². The third-order valence-corrected chi connectivity index (χ3v) is 5.81. The molecule has 2 rings (SSSR count). The third kappa shape index (κ3) is 11.4. The van der Waals surface area contributed by atoms with Crippen molar-refractivity contribution in [1.29, 1.82) is 0 Å². The van der Waals surface area contributed by atoms with E-state index in [1.807, 2.05) is 0 Å². The van der Waals surface area contributed by atoms with Crippen LogP contribution in [0.3, 0.4) is 0 Å². The molecule has 3 amide bonds. The zero-order valence-corrected chi connectivity index (χ0v) is 23.3. The quantitative estimate of drug-likeness (QED) is 0.0724. The van der Waals surface area contributed by atoms with Gasteiger partial charge in [0.1, 0.15) is 24.4 Å². The maximum Gasteiger partial charge on any atom is 0.514 e. The van der Waals surface area contributed by atoms with Crippen molar-refractivity contribution in [3.63, 3.8) is 0 Å². The Labute approximate surface area is 237 Å². The number of anilines is 1. The van der Waals surface area contributed by atoms with Crippen LogP contribution in [-0.4, -0.2) is 54.1 Å². The average Bonchev–Trinajstić information content (AvgIpc) is 2.93. The molecule has 0 fully saturated rings. The minimum Gasteiger partial charge on any atom is -0.429 e. The first-order valence-electron chi connectivity index (χ1n) is 13.0. The first-order valence-corrected chi connectivity index (χ1v) is 13.0. The SMILES string of the molecule is C=NCCCCC(=O)N[C@H](C(=O)N[C@@H](C)C(=O)Nc1ccc(COC(=O)Oc2ccc([N+](=O)[O-])cc2)cc1)C(C)C. The summed E-state index contributed by atoms with van der Waals surface area (Å²) in [6, 6.07) is 9.77. The zero-order valence-electron chi connectivity index (χ0n) is 23.3. The molecular formula is C28H35N5O8. The normalized spacial score (nSPS) is 12.0. The zero-order chi connectivity index (χ0) is 30.4. The summed E-state index contributed by atoms with van der Waals surface area (Å²) in [7, 11) is 0. The number of nitro groups is 1. The molecule has 41 heavy (non-hydrogen) atoms. The Bertz CT molecular complexity index is 1210. The second-order valence-corrected chi connectivity index (χ2v) is 9.50. The predicted octanol–water partition coefficient (Wildman–Crippen LogP) is 3.77. The van der Waals surface area contributed by atoms with Crippen LogP contribution in [0.5, 0.6) is 5.75 Å². The van der Waals surface area contributed by atoms with Gasteiger partial charge in [0, 0.05) is 30.8 Å². The van der Waals surface area contributed by atoms with Gasteiger partial charge in [-0.25, -0.2) is 4.79 Å². The molecule has 0 aromatic heterocycles. The smallest absolute Gasteiger partial charge is 0.429 e. The van der Waals surface area contributed by atoms with Gasteiger partial charge in [-0.15, -0.1) is 0 Å². The number of aliphatic imine (C=N–C) groups is 1. The van der Waals surface area contributed by atoms with Crippen LogP contribution in [0.15, 0.2) is 53.5 Å². The fourth-order valence-corrected chi connectivity index (χ4v) is 3.50. The lowest BCUT2D eigenvalue weighted by Gasteiger charge is -2.24. The number of non-ortho nitro benzene ring substituents is 1. The Morgan fingerprint density at radius 1 is 0.951 bits per heavy atom. The topological polar surface area (TPSA) is 178 Å². The van der Waals surface area contributed by atoms with Crippen LogP contribution >= 0.6 is 0 Å². The van der Waals surface area contributed by atoms with Crippen molar-refractivity contribution in [1.82, 2.24) is 10.6 Å². The van der Waals surface area contributed by atoms with Gasteiger partial charge in [0.25, 0.3) is 5.69 Å². The number of benzene rings is 2. The van der Waals surface area contributed by atoms with Crippen molar-refractivity contribution in [2.24, 2.45) is 10.9 Å². The molecule has 13 heteroatoms. The maximum absolute atomic E-state index is 12.8. The van der Waals surface area contributed by atoms with E-state index in [2.05, 4.69) is 27.7 Å². The van der Waals surface area contributed by atoms with Crippen LogP contribution in [0, 0.1) is 16.0 Å². The molecule has 0 saturated carbocycles. The Morgan fingerprint density at radius 3 is 2.20 bits per heavy atom. The van der Waals surface area contributed by atoms with Crippen molar-refractivity contribution in [3.05, 3.63) is 64.2 Å². The second-order valence-electron chi connectivity index (χ2n) is 9.50. The third-order valence-electron chi connectivity index (χ3n) is 5.81. The molecule has 0 saturated heterocycles. The van der Waals surface area contributed by atoms with E-state index in [-0.39, 0.29) is 36.3 Å². The highest BCUT2D eigenvalue weighted by atomic mass is 16.7. The van der Waals surface area contributed by atoms with Crippen LogP contribution < -0.4 is 20.7 Å². The number of amides is 3. The molecule has 0 bridgehead atoms. The Morgan fingerprint density at radius 2 is 1.61 bits per heavy atom. The number of nitrogens with zero attached hydrogens (tertiary/aromatic N) is 2. The summed E-state index contributed by atoms with van der Waals surface area (Å²) >= 11 is 0. The predicted molar refractivity (Wildman–Crippen MR) is 152 cm³/mol. The van der Waals surface area contributed by atoms with Crippen LogP contribution in [0.1, 0.15) is 45.6 Å². The number of carbonyl (C=O) groups excluding carboxylic acids is 4. The minimum absolute atomic E-state index is 0.0963. The minimum atomic E-state index is -0.985. The summed E-state index contributed by atoms with van der Waals surface area (Å²) in [5.74, 6) is -1.26. The molecule has 220 valence electrons. The lowest BCUT2D eigenvalue weighted by Crippen LogP contribution is -2.53. The van der Waals surface area contributed by atoms with Gasteiger partial charge in [0.2, 0.25) is 17.7 Å². The van der Waals surface area contributed by atoms with Crippen LogP contribution in [-0.2, 0) is 25.7 Å². The molecule has 0 heterocycles. The molecule has 0 unspecified atom stereocenters. The van der Waals surface area contributed by atoms with E-state index < -0.39 is 35.0 Å². The summed E-state index contributed by atoms with van der Waals surface area (Å²) in [5.41, 5.74) is 0.930. The molecule has 13 nitrogen and oxygen atoms in total. The van der Waals surface area contributed by atoms with Gasteiger partial charge in [-0.1, -0.05) is 26.0 Å². The number of rotatable bonds is 15.